The Morgan fingerprint density at radius 1 is 1.46 bits per heavy atom. The van der Waals surface area contributed by atoms with Crippen LogP contribution >= 0.6 is 0 Å². The molecule has 0 unspecified atom stereocenters. The summed E-state index contributed by atoms with van der Waals surface area (Å²) in [6, 6.07) is 1.74. The Labute approximate surface area is 78.1 Å². The van der Waals surface area contributed by atoms with E-state index in [1.807, 2.05) is 0 Å². The van der Waals surface area contributed by atoms with Gasteiger partial charge in [0.15, 0.2) is 0 Å². The molecular weight excluding hydrogens is 166 g/mol. The molecule has 0 atom stereocenters. The van der Waals surface area contributed by atoms with Crippen molar-refractivity contribution in [2.45, 2.75) is 26.4 Å². The second-order valence-corrected chi connectivity index (χ2v) is 2.88. The number of hydrogen-bond acceptors (Lipinski definition) is 4. The number of rotatable bonds is 4. The normalized spacial score (nSPS) is 10.3. The van der Waals surface area contributed by atoms with Crippen molar-refractivity contribution in [3.63, 3.8) is 0 Å². The average molecular weight is 181 g/mol. The van der Waals surface area contributed by atoms with Gasteiger partial charge in [-0.25, -0.2) is 9.97 Å². The monoisotopic (exact) mass is 181 g/mol. The van der Waals surface area contributed by atoms with Gasteiger partial charge in [-0.15, -0.1) is 0 Å². The molecular formula is C9H15N3O. The van der Waals surface area contributed by atoms with Gasteiger partial charge in [0.1, 0.15) is 11.6 Å². The van der Waals surface area contributed by atoms with Crippen LogP contribution in [0.2, 0.25) is 0 Å². The minimum Gasteiger partial charge on any atom is -0.384 e. The van der Waals surface area contributed by atoms with Gasteiger partial charge in [0.05, 0.1) is 12.3 Å². The molecule has 0 aliphatic carbocycles. The maximum absolute atomic E-state index is 5.61. The third kappa shape index (κ3) is 2.99. The van der Waals surface area contributed by atoms with Gasteiger partial charge in [-0.05, 0) is 6.42 Å². The van der Waals surface area contributed by atoms with Gasteiger partial charge in [0.2, 0.25) is 0 Å². The fourth-order valence-corrected chi connectivity index (χ4v) is 1.13. The van der Waals surface area contributed by atoms with Crippen LogP contribution in [0.25, 0.3) is 0 Å². The molecule has 1 rings (SSSR count). The van der Waals surface area contributed by atoms with Crippen molar-refractivity contribution in [2.75, 3.05) is 12.8 Å². The van der Waals surface area contributed by atoms with Crippen molar-refractivity contribution in [1.29, 1.82) is 0 Å². The lowest BCUT2D eigenvalue weighted by Crippen LogP contribution is -2.03. The number of hydrogen-bond donors (Lipinski definition) is 1. The summed E-state index contributed by atoms with van der Waals surface area (Å²) in [4.78, 5) is 8.41. The van der Waals surface area contributed by atoms with Crippen LogP contribution in [0.15, 0.2) is 6.07 Å². The summed E-state index contributed by atoms with van der Waals surface area (Å²) in [5.41, 5.74) is 6.46. The summed E-state index contributed by atoms with van der Waals surface area (Å²) in [6.07, 6.45) is 1.89. The summed E-state index contributed by atoms with van der Waals surface area (Å²) >= 11 is 0. The Bertz CT molecular complexity index is 251. The van der Waals surface area contributed by atoms with Crippen molar-refractivity contribution in [3.05, 3.63) is 17.6 Å². The van der Waals surface area contributed by atoms with E-state index < -0.39 is 0 Å². The minimum absolute atomic E-state index is 0.490. The van der Waals surface area contributed by atoms with Crippen molar-refractivity contribution in [3.8, 4) is 0 Å². The van der Waals surface area contributed by atoms with E-state index in [1.54, 1.807) is 13.2 Å². The molecule has 1 aromatic rings. The second kappa shape index (κ2) is 4.77. The van der Waals surface area contributed by atoms with Gasteiger partial charge < -0.3 is 10.5 Å². The zero-order valence-electron chi connectivity index (χ0n) is 8.08. The smallest absolute Gasteiger partial charge is 0.131 e. The summed E-state index contributed by atoms with van der Waals surface area (Å²) < 4.78 is 4.97. The van der Waals surface area contributed by atoms with Crippen LogP contribution in [-0.2, 0) is 17.8 Å². The Morgan fingerprint density at radius 3 is 2.85 bits per heavy atom. The highest BCUT2D eigenvalue weighted by atomic mass is 16.5. The molecule has 0 aliphatic rings. The van der Waals surface area contributed by atoms with E-state index in [-0.39, 0.29) is 0 Å². The summed E-state index contributed by atoms with van der Waals surface area (Å²) in [5.74, 6) is 1.32. The summed E-state index contributed by atoms with van der Waals surface area (Å²) in [7, 11) is 1.64. The molecule has 0 aliphatic heterocycles. The number of nitrogens with two attached hydrogens (primary N) is 1. The number of ether oxygens (including phenoxy) is 1. The molecule has 0 amide bonds. The molecule has 72 valence electrons. The molecule has 0 saturated carbocycles. The first-order chi connectivity index (χ1) is 6.26. The topological polar surface area (TPSA) is 61.0 Å². The number of methoxy groups -OCH3 is 1. The first kappa shape index (κ1) is 9.92. The second-order valence-electron chi connectivity index (χ2n) is 2.88. The molecule has 1 aromatic heterocycles. The SMILES string of the molecule is CCCc1nc(N)cc(COC)n1. The highest BCUT2D eigenvalue weighted by Crippen LogP contribution is 2.05. The Balaban J connectivity index is 2.83. The largest absolute Gasteiger partial charge is 0.384 e. The quantitative estimate of drug-likeness (QED) is 0.757. The molecule has 4 heteroatoms. The molecule has 0 aromatic carbocycles. The van der Waals surface area contributed by atoms with E-state index in [1.165, 1.54) is 0 Å². The predicted molar refractivity (Wildman–Crippen MR) is 51.2 cm³/mol. The Kier molecular flexibility index (Phi) is 3.64. The average Bonchev–Trinajstić information content (AvgIpc) is 2.04. The fraction of sp³-hybridized carbons (Fsp3) is 0.556. The maximum Gasteiger partial charge on any atom is 0.131 e. The standard InChI is InChI=1S/C9H15N3O/c1-3-4-9-11-7(6-13-2)5-8(10)12-9/h5H,3-4,6H2,1-2H3,(H2,10,11,12). The van der Waals surface area contributed by atoms with Crippen LogP contribution in [-0.4, -0.2) is 17.1 Å². The molecule has 4 nitrogen and oxygen atoms in total. The van der Waals surface area contributed by atoms with E-state index in [0.717, 1.165) is 24.4 Å². The Hall–Kier alpha value is -1.16. The molecule has 0 fully saturated rings. The summed E-state index contributed by atoms with van der Waals surface area (Å²) in [6.45, 7) is 2.58. The highest BCUT2D eigenvalue weighted by molar-refractivity contribution is 5.29. The number of aromatic nitrogens is 2. The van der Waals surface area contributed by atoms with Crippen LogP contribution in [0.4, 0.5) is 5.82 Å². The molecule has 13 heavy (non-hydrogen) atoms. The van der Waals surface area contributed by atoms with Gasteiger partial charge in [-0.3, -0.25) is 0 Å². The van der Waals surface area contributed by atoms with Crippen LogP contribution in [0.5, 0.6) is 0 Å². The Morgan fingerprint density at radius 2 is 2.23 bits per heavy atom. The highest BCUT2D eigenvalue weighted by Gasteiger charge is 2.01. The van der Waals surface area contributed by atoms with Crippen molar-refractivity contribution >= 4 is 5.82 Å². The van der Waals surface area contributed by atoms with Crippen molar-refractivity contribution in [1.82, 2.24) is 9.97 Å². The lowest BCUT2D eigenvalue weighted by Gasteiger charge is -2.03. The third-order valence-electron chi connectivity index (χ3n) is 1.61. The van der Waals surface area contributed by atoms with Crippen LogP contribution in [0, 0.1) is 0 Å². The van der Waals surface area contributed by atoms with Crippen LogP contribution in [0.1, 0.15) is 24.9 Å². The molecule has 0 saturated heterocycles. The van der Waals surface area contributed by atoms with E-state index in [0.29, 0.717) is 12.4 Å². The van der Waals surface area contributed by atoms with Crippen LogP contribution in [0.3, 0.4) is 0 Å². The zero-order valence-corrected chi connectivity index (χ0v) is 8.08. The summed E-state index contributed by atoms with van der Waals surface area (Å²) in [5, 5.41) is 0. The van der Waals surface area contributed by atoms with Crippen molar-refractivity contribution < 1.29 is 4.74 Å². The number of nitrogens with zero attached hydrogens (tertiary/aromatic N) is 2. The fourth-order valence-electron chi connectivity index (χ4n) is 1.13. The molecule has 1 heterocycles. The lowest BCUT2D eigenvalue weighted by molar-refractivity contribution is 0.181. The first-order valence-electron chi connectivity index (χ1n) is 4.37. The van der Waals surface area contributed by atoms with Gasteiger partial charge in [-0.1, -0.05) is 6.92 Å². The van der Waals surface area contributed by atoms with Gasteiger partial charge >= 0.3 is 0 Å². The van der Waals surface area contributed by atoms with E-state index in [4.69, 9.17) is 10.5 Å². The molecule has 2 N–H and O–H groups in total. The molecule has 0 spiro atoms. The van der Waals surface area contributed by atoms with Gasteiger partial charge in [0.25, 0.3) is 0 Å². The first-order valence-corrected chi connectivity index (χ1v) is 4.37. The van der Waals surface area contributed by atoms with Crippen LogP contribution < -0.4 is 5.73 Å². The third-order valence-corrected chi connectivity index (χ3v) is 1.61. The maximum atomic E-state index is 5.61. The number of nitrogen functional groups attached to an aromatic ring is 1. The van der Waals surface area contributed by atoms with Gasteiger partial charge in [-0.2, -0.15) is 0 Å². The minimum atomic E-state index is 0.490. The number of anilines is 1. The van der Waals surface area contributed by atoms with Crippen molar-refractivity contribution in [2.24, 2.45) is 0 Å². The van der Waals surface area contributed by atoms with E-state index >= 15 is 0 Å². The number of aryl methyl sites for hydroxylation is 1. The predicted octanol–water partition coefficient (Wildman–Crippen LogP) is 1.16. The van der Waals surface area contributed by atoms with E-state index in [9.17, 15) is 0 Å². The molecule has 0 bridgehead atoms. The zero-order chi connectivity index (χ0) is 9.68. The molecule has 0 radical (unpaired) electrons. The van der Waals surface area contributed by atoms with E-state index in [2.05, 4.69) is 16.9 Å². The van der Waals surface area contributed by atoms with Gasteiger partial charge in [0, 0.05) is 19.6 Å². The lowest BCUT2D eigenvalue weighted by atomic mass is 10.3.